The number of aliphatic imine (C=N–C) groups is 2. The third-order valence-corrected chi connectivity index (χ3v) is 4.24. The van der Waals surface area contributed by atoms with E-state index in [4.69, 9.17) is 9.47 Å². The van der Waals surface area contributed by atoms with E-state index in [1.807, 2.05) is 18.2 Å². The number of nitrogens with zero attached hydrogens (tertiary/aromatic N) is 2. The Bertz CT molecular complexity index is 556. The Balaban J connectivity index is 1.82. The third-order valence-electron chi connectivity index (χ3n) is 4.24. The fraction of sp³-hybridized carbons (Fsp3) is 0.556. The van der Waals surface area contributed by atoms with E-state index in [1.54, 1.807) is 0 Å². The van der Waals surface area contributed by atoms with Crippen molar-refractivity contribution >= 4 is 11.8 Å². The first-order chi connectivity index (χ1) is 10.5. The SMILES string of the molecule is CC(C)[C@H]1COC(c2cccc(C3=N[C@@H](C(C)C)CO3)c2)=N1. The van der Waals surface area contributed by atoms with Crippen molar-refractivity contribution in [2.45, 2.75) is 39.8 Å². The molecule has 0 saturated heterocycles. The molecule has 4 nitrogen and oxygen atoms in total. The van der Waals surface area contributed by atoms with Crippen molar-refractivity contribution in [3.8, 4) is 0 Å². The second-order valence-corrected chi connectivity index (χ2v) is 6.69. The Morgan fingerprint density at radius 3 is 1.68 bits per heavy atom. The van der Waals surface area contributed by atoms with Crippen molar-refractivity contribution in [3.63, 3.8) is 0 Å². The molecule has 0 fully saturated rings. The summed E-state index contributed by atoms with van der Waals surface area (Å²) in [5.74, 6) is 2.46. The van der Waals surface area contributed by atoms with Crippen LogP contribution in [0.2, 0.25) is 0 Å². The van der Waals surface area contributed by atoms with Crippen LogP contribution in [0.3, 0.4) is 0 Å². The van der Waals surface area contributed by atoms with Crippen LogP contribution in [-0.2, 0) is 9.47 Å². The molecule has 2 heterocycles. The summed E-state index contributed by atoms with van der Waals surface area (Å²) in [5.41, 5.74) is 2.00. The highest BCUT2D eigenvalue weighted by Crippen LogP contribution is 2.21. The van der Waals surface area contributed by atoms with Crippen molar-refractivity contribution in [1.82, 2.24) is 0 Å². The number of benzene rings is 1. The summed E-state index contributed by atoms with van der Waals surface area (Å²) < 4.78 is 11.5. The zero-order valence-electron chi connectivity index (χ0n) is 13.7. The van der Waals surface area contributed by atoms with Gasteiger partial charge in [-0.05, 0) is 30.0 Å². The van der Waals surface area contributed by atoms with E-state index >= 15 is 0 Å². The molecule has 0 aliphatic carbocycles. The lowest BCUT2D eigenvalue weighted by Crippen LogP contribution is -2.13. The Labute approximate surface area is 132 Å². The molecule has 118 valence electrons. The van der Waals surface area contributed by atoms with Crippen LogP contribution in [0.4, 0.5) is 0 Å². The van der Waals surface area contributed by atoms with Crippen LogP contribution in [-0.4, -0.2) is 37.1 Å². The lowest BCUT2D eigenvalue weighted by atomic mass is 10.1. The Morgan fingerprint density at radius 1 is 0.864 bits per heavy atom. The standard InChI is InChI=1S/C18H24N2O2/c1-11(2)15-9-21-17(19-15)13-6-5-7-14(8-13)18-20-16(10-22-18)12(3)4/h5-8,11-12,15-16H,9-10H2,1-4H3/t15-,16-/m1/s1. The summed E-state index contributed by atoms with van der Waals surface area (Å²) >= 11 is 0. The molecule has 0 N–H and O–H groups in total. The highest BCUT2D eigenvalue weighted by molar-refractivity contribution is 6.00. The van der Waals surface area contributed by atoms with E-state index in [-0.39, 0.29) is 12.1 Å². The average molecular weight is 300 g/mol. The topological polar surface area (TPSA) is 43.2 Å². The highest BCUT2D eigenvalue weighted by atomic mass is 16.5. The van der Waals surface area contributed by atoms with Crippen LogP contribution in [0.5, 0.6) is 0 Å². The largest absolute Gasteiger partial charge is 0.475 e. The van der Waals surface area contributed by atoms with Gasteiger partial charge in [0.05, 0.1) is 12.1 Å². The van der Waals surface area contributed by atoms with E-state index in [1.165, 1.54) is 0 Å². The number of hydrogen-bond donors (Lipinski definition) is 0. The van der Waals surface area contributed by atoms with Gasteiger partial charge in [0, 0.05) is 11.1 Å². The molecule has 0 radical (unpaired) electrons. The smallest absolute Gasteiger partial charge is 0.216 e. The molecule has 0 amide bonds. The maximum Gasteiger partial charge on any atom is 0.216 e. The predicted octanol–water partition coefficient (Wildman–Crippen LogP) is 3.29. The fourth-order valence-electron chi connectivity index (χ4n) is 2.56. The molecule has 2 aliphatic heterocycles. The van der Waals surface area contributed by atoms with Gasteiger partial charge >= 0.3 is 0 Å². The van der Waals surface area contributed by atoms with Gasteiger partial charge in [0.15, 0.2) is 0 Å². The Morgan fingerprint density at radius 2 is 1.32 bits per heavy atom. The lowest BCUT2D eigenvalue weighted by Gasteiger charge is -2.06. The van der Waals surface area contributed by atoms with E-state index in [0.717, 1.165) is 22.9 Å². The molecule has 1 aromatic rings. The first-order valence-corrected chi connectivity index (χ1v) is 8.06. The summed E-state index contributed by atoms with van der Waals surface area (Å²) in [5, 5.41) is 0. The van der Waals surface area contributed by atoms with Crippen molar-refractivity contribution in [3.05, 3.63) is 35.4 Å². The Hall–Kier alpha value is -1.84. The van der Waals surface area contributed by atoms with E-state index < -0.39 is 0 Å². The molecular weight excluding hydrogens is 276 g/mol. The minimum absolute atomic E-state index is 0.254. The van der Waals surface area contributed by atoms with Gasteiger partial charge in [0.2, 0.25) is 11.8 Å². The minimum atomic E-state index is 0.254. The molecule has 1 aromatic carbocycles. The number of hydrogen-bond acceptors (Lipinski definition) is 4. The average Bonchev–Trinajstić information content (AvgIpc) is 3.17. The summed E-state index contributed by atoms with van der Waals surface area (Å²) in [6.07, 6.45) is 0. The minimum Gasteiger partial charge on any atom is -0.475 e. The van der Waals surface area contributed by atoms with Gasteiger partial charge in [-0.15, -0.1) is 0 Å². The van der Waals surface area contributed by atoms with Crippen LogP contribution < -0.4 is 0 Å². The maximum atomic E-state index is 5.76. The van der Waals surface area contributed by atoms with Crippen molar-refractivity contribution in [2.24, 2.45) is 21.8 Å². The molecule has 0 bridgehead atoms. The molecule has 2 atom stereocenters. The predicted molar refractivity (Wildman–Crippen MR) is 88.7 cm³/mol. The highest BCUT2D eigenvalue weighted by Gasteiger charge is 2.25. The van der Waals surface area contributed by atoms with Gasteiger partial charge < -0.3 is 9.47 Å². The molecule has 2 aliphatic rings. The van der Waals surface area contributed by atoms with E-state index in [9.17, 15) is 0 Å². The lowest BCUT2D eigenvalue weighted by molar-refractivity contribution is 0.291. The quantitative estimate of drug-likeness (QED) is 0.856. The van der Waals surface area contributed by atoms with Crippen molar-refractivity contribution < 1.29 is 9.47 Å². The second kappa shape index (κ2) is 6.11. The first-order valence-electron chi connectivity index (χ1n) is 8.06. The van der Waals surface area contributed by atoms with Crippen LogP contribution in [0.15, 0.2) is 34.3 Å². The summed E-state index contributed by atoms with van der Waals surface area (Å²) in [6, 6.07) is 8.63. The number of ether oxygens (including phenoxy) is 2. The van der Waals surface area contributed by atoms with Gasteiger partial charge in [-0.3, -0.25) is 0 Å². The Kier molecular flexibility index (Phi) is 4.19. The third kappa shape index (κ3) is 3.01. The van der Waals surface area contributed by atoms with Gasteiger partial charge in [-0.2, -0.15) is 0 Å². The normalized spacial score (nSPS) is 24.3. The van der Waals surface area contributed by atoms with Gasteiger partial charge in [0.1, 0.15) is 13.2 Å². The summed E-state index contributed by atoms with van der Waals surface area (Å²) in [6.45, 7) is 10.0. The van der Waals surface area contributed by atoms with Crippen LogP contribution in [0.25, 0.3) is 0 Å². The van der Waals surface area contributed by atoms with Crippen molar-refractivity contribution in [2.75, 3.05) is 13.2 Å². The molecule has 4 heteroatoms. The fourth-order valence-corrected chi connectivity index (χ4v) is 2.56. The first kappa shape index (κ1) is 15.1. The van der Waals surface area contributed by atoms with E-state index in [0.29, 0.717) is 25.0 Å². The van der Waals surface area contributed by atoms with Gasteiger partial charge in [0.25, 0.3) is 0 Å². The van der Waals surface area contributed by atoms with Crippen LogP contribution in [0.1, 0.15) is 38.8 Å². The maximum absolute atomic E-state index is 5.76. The van der Waals surface area contributed by atoms with Gasteiger partial charge in [-0.25, -0.2) is 9.98 Å². The number of rotatable bonds is 4. The zero-order chi connectivity index (χ0) is 15.7. The summed E-state index contributed by atoms with van der Waals surface area (Å²) in [7, 11) is 0. The van der Waals surface area contributed by atoms with Crippen LogP contribution in [0, 0.1) is 11.8 Å². The molecule has 0 aromatic heterocycles. The molecular formula is C18H24N2O2. The summed E-state index contributed by atoms with van der Waals surface area (Å²) in [4.78, 5) is 9.36. The van der Waals surface area contributed by atoms with E-state index in [2.05, 4.69) is 43.7 Å². The second-order valence-electron chi connectivity index (χ2n) is 6.69. The van der Waals surface area contributed by atoms with Crippen molar-refractivity contribution in [1.29, 1.82) is 0 Å². The molecule has 3 rings (SSSR count). The zero-order valence-corrected chi connectivity index (χ0v) is 13.7. The molecule has 22 heavy (non-hydrogen) atoms. The van der Waals surface area contributed by atoms with Gasteiger partial charge in [-0.1, -0.05) is 33.8 Å². The monoisotopic (exact) mass is 300 g/mol. The molecule has 0 unspecified atom stereocenters. The van der Waals surface area contributed by atoms with Crippen LogP contribution >= 0.6 is 0 Å². The molecule has 0 saturated carbocycles. The molecule has 0 spiro atoms.